The Bertz CT molecular complexity index is 719. The van der Waals surface area contributed by atoms with Crippen LogP contribution in [0.4, 0.5) is 11.5 Å². The molecule has 1 amide bonds. The summed E-state index contributed by atoms with van der Waals surface area (Å²) in [4.78, 5) is 24.2. The fourth-order valence-electron chi connectivity index (χ4n) is 1.99. The number of para-hydroxylation sites is 1. The van der Waals surface area contributed by atoms with E-state index in [-0.39, 0.29) is 17.9 Å². The van der Waals surface area contributed by atoms with Crippen LogP contribution in [-0.4, -0.2) is 48.9 Å². The van der Waals surface area contributed by atoms with Crippen molar-refractivity contribution in [2.45, 2.75) is 6.92 Å². The van der Waals surface area contributed by atoms with E-state index in [1.165, 1.54) is 0 Å². The minimum absolute atomic E-state index is 0.135. The van der Waals surface area contributed by atoms with Crippen molar-refractivity contribution in [2.75, 3.05) is 37.5 Å². The van der Waals surface area contributed by atoms with Crippen LogP contribution in [0, 0.1) is 0 Å². The first-order chi connectivity index (χ1) is 12.2. The number of nitrogens with one attached hydrogen (secondary N) is 2. The van der Waals surface area contributed by atoms with E-state index in [1.807, 2.05) is 0 Å². The lowest BCUT2D eigenvalue weighted by molar-refractivity contribution is 0.0527. The molecular weight excluding hydrogens is 324 g/mol. The summed E-state index contributed by atoms with van der Waals surface area (Å²) < 4.78 is 9.91. The number of carbonyl (C=O) groups is 2. The summed E-state index contributed by atoms with van der Waals surface area (Å²) in [6.45, 7) is 3.10. The van der Waals surface area contributed by atoms with E-state index in [1.54, 1.807) is 50.4 Å². The van der Waals surface area contributed by atoms with Crippen molar-refractivity contribution in [3.63, 3.8) is 0 Å². The van der Waals surface area contributed by atoms with Crippen molar-refractivity contribution in [1.29, 1.82) is 0 Å². The number of hydrogen-bond acceptors (Lipinski definition) is 7. The third-order valence-electron chi connectivity index (χ3n) is 3.18. The molecule has 25 heavy (non-hydrogen) atoms. The van der Waals surface area contributed by atoms with Crippen LogP contribution in [0.25, 0.3) is 0 Å². The van der Waals surface area contributed by atoms with Crippen LogP contribution in [0.3, 0.4) is 0 Å². The summed E-state index contributed by atoms with van der Waals surface area (Å²) in [5.41, 5.74) is 0.773. The van der Waals surface area contributed by atoms with Gasteiger partial charge in [-0.05, 0) is 31.2 Å². The number of nitrogens with zero attached hydrogens (tertiary/aromatic N) is 2. The lowest BCUT2D eigenvalue weighted by Crippen LogP contribution is -2.18. The fourth-order valence-corrected chi connectivity index (χ4v) is 1.99. The van der Waals surface area contributed by atoms with Gasteiger partial charge in [0.25, 0.3) is 5.91 Å². The zero-order valence-corrected chi connectivity index (χ0v) is 14.1. The molecule has 0 saturated carbocycles. The summed E-state index contributed by atoms with van der Waals surface area (Å²) in [6.07, 6.45) is 0. The van der Waals surface area contributed by atoms with Gasteiger partial charge in [0.2, 0.25) is 0 Å². The highest BCUT2D eigenvalue weighted by atomic mass is 16.5. The Morgan fingerprint density at radius 1 is 1.12 bits per heavy atom. The van der Waals surface area contributed by atoms with Crippen molar-refractivity contribution in [3.05, 3.63) is 47.7 Å². The van der Waals surface area contributed by atoms with Crippen molar-refractivity contribution in [2.24, 2.45) is 0 Å². The molecule has 1 heterocycles. The summed E-state index contributed by atoms with van der Waals surface area (Å²) in [5, 5.41) is 13.5. The van der Waals surface area contributed by atoms with E-state index < -0.39 is 11.9 Å². The first-order valence-electron chi connectivity index (χ1n) is 7.79. The molecule has 8 nitrogen and oxygen atoms in total. The average molecular weight is 344 g/mol. The van der Waals surface area contributed by atoms with Gasteiger partial charge in [-0.1, -0.05) is 12.1 Å². The summed E-state index contributed by atoms with van der Waals surface area (Å²) in [6, 6.07) is 9.81. The molecule has 0 aliphatic carbocycles. The van der Waals surface area contributed by atoms with Crippen LogP contribution in [-0.2, 0) is 9.47 Å². The molecule has 0 fully saturated rings. The van der Waals surface area contributed by atoms with Crippen LogP contribution in [0.15, 0.2) is 36.4 Å². The van der Waals surface area contributed by atoms with E-state index in [2.05, 4.69) is 20.8 Å². The Hall–Kier alpha value is -3.00. The highest BCUT2D eigenvalue weighted by Crippen LogP contribution is 2.17. The first kappa shape index (κ1) is 18.3. The minimum Gasteiger partial charge on any atom is -0.462 e. The normalized spacial score (nSPS) is 10.2. The Labute approximate surface area is 145 Å². The maximum Gasteiger partial charge on any atom is 0.340 e. The Kier molecular flexibility index (Phi) is 6.85. The van der Waals surface area contributed by atoms with Gasteiger partial charge in [-0.2, -0.15) is 0 Å². The van der Waals surface area contributed by atoms with Gasteiger partial charge in [-0.3, -0.25) is 4.79 Å². The van der Waals surface area contributed by atoms with Gasteiger partial charge in [-0.15, -0.1) is 10.2 Å². The monoisotopic (exact) mass is 344 g/mol. The number of benzene rings is 1. The van der Waals surface area contributed by atoms with E-state index in [9.17, 15) is 9.59 Å². The highest BCUT2D eigenvalue weighted by Gasteiger charge is 2.15. The Morgan fingerprint density at radius 2 is 1.92 bits per heavy atom. The molecule has 0 unspecified atom stereocenters. The van der Waals surface area contributed by atoms with Gasteiger partial charge < -0.3 is 20.1 Å². The second kappa shape index (κ2) is 9.33. The van der Waals surface area contributed by atoms with Gasteiger partial charge in [0.15, 0.2) is 5.69 Å². The molecule has 0 saturated heterocycles. The average Bonchev–Trinajstić information content (AvgIpc) is 2.63. The van der Waals surface area contributed by atoms with E-state index in [0.29, 0.717) is 24.7 Å². The standard InChI is InChI=1S/C17H20N4O4/c1-3-25-17(23)12-6-4-5-7-13(12)19-16(22)14-8-9-15(21-20-14)18-10-11-24-2/h4-9H,3,10-11H2,1-2H3,(H,18,21)(H,19,22). The van der Waals surface area contributed by atoms with Crippen molar-refractivity contribution in [3.8, 4) is 0 Å². The van der Waals surface area contributed by atoms with E-state index >= 15 is 0 Å². The predicted octanol–water partition coefficient (Wildman–Crippen LogP) is 1.96. The van der Waals surface area contributed by atoms with Crippen LogP contribution in [0.2, 0.25) is 0 Å². The number of amides is 1. The molecular formula is C17H20N4O4. The summed E-state index contributed by atoms with van der Waals surface area (Å²) >= 11 is 0. The molecule has 0 atom stereocenters. The van der Waals surface area contributed by atoms with Crippen molar-refractivity contribution >= 4 is 23.4 Å². The molecule has 0 bridgehead atoms. The van der Waals surface area contributed by atoms with E-state index in [0.717, 1.165) is 0 Å². The van der Waals surface area contributed by atoms with Crippen molar-refractivity contribution < 1.29 is 19.1 Å². The zero-order chi connectivity index (χ0) is 18.1. The number of carbonyl (C=O) groups excluding carboxylic acids is 2. The molecule has 1 aromatic carbocycles. The molecule has 0 aliphatic heterocycles. The number of esters is 1. The van der Waals surface area contributed by atoms with Gasteiger partial charge in [0.1, 0.15) is 5.82 Å². The summed E-state index contributed by atoms with van der Waals surface area (Å²) in [5.74, 6) is -0.421. The second-order valence-corrected chi connectivity index (χ2v) is 4.94. The molecule has 132 valence electrons. The molecule has 0 radical (unpaired) electrons. The molecule has 2 aromatic rings. The van der Waals surface area contributed by atoms with Gasteiger partial charge in [0, 0.05) is 13.7 Å². The number of anilines is 2. The number of hydrogen-bond donors (Lipinski definition) is 2. The van der Waals surface area contributed by atoms with Crippen molar-refractivity contribution in [1.82, 2.24) is 10.2 Å². The lowest BCUT2D eigenvalue weighted by atomic mass is 10.1. The number of ether oxygens (including phenoxy) is 2. The smallest absolute Gasteiger partial charge is 0.340 e. The topological polar surface area (TPSA) is 102 Å². The second-order valence-electron chi connectivity index (χ2n) is 4.94. The zero-order valence-electron chi connectivity index (χ0n) is 14.1. The predicted molar refractivity (Wildman–Crippen MR) is 92.7 cm³/mol. The molecule has 0 aliphatic rings. The molecule has 1 aromatic heterocycles. The van der Waals surface area contributed by atoms with Crippen LogP contribution in [0.1, 0.15) is 27.8 Å². The minimum atomic E-state index is -0.498. The van der Waals surface area contributed by atoms with Gasteiger partial charge in [0.05, 0.1) is 24.5 Å². The molecule has 8 heteroatoms. The van der Waals surface area contributed by atoms with Crippen LogP contribution >= 0.6 is 0 Å². The lowest BCUT2D eigenvalue weighted by Gasteiger charge is -2.10. The number of rotatable bonds is 8. The molecule has 2 N–H and O–H groups in total. The largest absolute Gasteiger partial charge is 0.462 e. The van der Waals surface area contributed by atoms with E-state index in [4.69, 9.17) is 9.47 Å². The number of methoxy groups -OCH3 is 1. The van der Waals surface area contributed by atoms with Gasteiger partial charge in [-0.25, -0.2) is 4.79 Å². The summed E-state index contributed by atoms with van der Waals surface area (Å²) in [7, 11) is 1.61. The number of aromatic nitrogens is 2. The molecule has 0 spiro atoms. The Balaban J connectivity index is 2.06. The first-order valence-corrected chi connectivity index (χ1v) is 7.79. The fraction of sp³-hybridized carbons (Fsp3) is 0.294. The third kappa shape index (κ3) is 5.25. The molecule has 2 rings (SSSR count). The SMILES string of the molecule is CCOC(=O)c1ccccc1NC(=O)c1ccc(NCCOC)nn1. The maximum absolute atomic E-state index is 12.3. The third-order valence-corrected chi connectivity index (χ3v) is 3.18. The Morgan fingerprint density at radius 3 is 2.60 bits per heavy atom. The van der Waals surface area contributed by atoms with Gasteiger partial charge >= 0.3 is 5.97 Å². The van der Waals surface area contributed by atoms with Crippen LogP contribution in [0.5, 0.6) is 0 Å². The maximum atomic E-state index is 12.3. The van der Waals surface area contributed by atoms with Crippen LogP contribution < -0.4 is 10.6 Å². The highest BCUT2D eigenvalue weighted by molar-refractivity contribution is 6.07. The quantitative estimate of drug-likeness (QED) is 0.557.